The van der Waals surface area contributed by atoms with Crippen molar-refractivity contribution in [3.05, 3.63) is 71.1 Å². The molecule has 1 aliphatic rings. The summed E-state index contributed by atoms with van der Waals surface area (Å²) < 4.78 is 16.7. The first-order valence-electron chi connectivity index (χ1n) is 8.00. The Bertz CT molecular complexity index is 722. The van der Waals surface area contributed by atoms with E-state index in [9.17, 15) is 5.11 Å². The van der Waals surface area contributed by atoms with Gasteiger partial charge in [0, 0.05) is 11.3 Å². The average Bonchev–Trinajstić information content (AvgIpc) is 3.32. The fourth-order valence-electron chi connectivity index (χ4n) is 2.49. The van der Waals surface area contributed by atoms with Gasteiger partial charge in [0.2, 0.25) is 5.72 Å². The van der Waals surface area contributed by atoms with Gasteiger partial charge in [0.15, 0.2) is 0 Å². The fourth-order valence-corrected chi connectivity index (χ4v) is 2.49. The lowest BCUT2D eigenvalue weighted by atomic mass is 10.1. The number of rotatable bonds is 9. The van der Waals surface area contributed by atoms with Crippen molar-refractivity contribution in [3.63, 3.8) is 0 Å². The first-order valence-corrected chi connectivity index (χ1v) is 8.00. The van der Waals surface area contributed by atoms with Crippen molar-refractivity contribution in [1.82, 2.24) is 0 Å². The van der Waals surface area contributed by atoms with E-state index >= 15 is 0 Å². The van der Waals surface area contributed by atoms with Gasteiger partial charge in [-0.2, -0.15) is 0 Å². The van der Waals surface area contributed by atoms with Crippen molar-refractivity contribution in [2.75, 3.05) is 13.2 Å². The van der Waals surface area contributed by atoms with E-state index in [1.165, 1.54) is 0 Å². The van der Waals surface area contributed by atoms with Crippen LogP contribution in [0.4, 0.5) is 0 Å². The van der Waals surface area contributed by atoms with Crippen LogP contribution in [-0.2, 0) is 4.74 Å². The highest BCUT2D eigenvalue weighted by atomic mass is 16.7. The second-order valence-corrected chi connectivity index (χ2v) is 5.76. The van der Waals surface area contributed by atoms with Gasteiger partial charge in [-0.15, -0.1) is 0 Å². The van der Waals surface area contributed by atoms with Crippen molar-refractivity contribution in [2.24, 2.45) is 5.11 Å². The SMILES string of the molecule is [N-]=[N+]=NC1(COc2ccccc2)OC1CC(O)COc1ccccc1. The van der Waals surface area contributed by atoms with Crippen LogP contribution < -0.4 is 9.47 Å². The standard InChI is InChI=1S/C18H19N3O4/c19-21-20-18(13-24-16-9-5-2-6-10-16)17(25-18)11-14(22)12-23-15-7-3-1-4-8-15/h1-10,14,17,22H,11-13H2. The maximum atomic E-state index is 10.1. The zero-order chi connectivity index (χ0) is 17.5. The Morgan fingerprint density at radius 2 is 1.68 bits per heavy atom. The molecule has 0 spiro atoms. The molecule has 2 aromatic carbocycles. The van der Waals surface area contributed by atoms with Crippen LogP contribution in [-0.4, -0.2) is 36.3 Å². The van der Waals surface area contributed by atoms with Crippen LogP contribution in [0.2, 0.25) is 0 Å². The Labute approximate surface area is 145 Å². The van der Waals surface area contributed by atoms with Gasteiger partial charge in [0.25, 0.3) is 0 Å². The maximum Gasteiger partial charge on any atom is 0.207 e. The Kier molecular flexibility index (Phi) is 5.40. The molecule has 3 atom stereocenters. The second-order valence-electron chi connectivity index (χ2n) is 5.76. The molecule has 0 aliphatic carbocycles. The van der Waals surface area contributed by atoms with E-state index in [4.69, 9.17) is 19.7 Å². The van der Waals surface area contributed by atoms with Gasteiger partial charge >= 0.3 is 0 Å². The monoisotopic (exact) mass is 341 g/mol. The minimum Gasteiger partial charge on any atom is -0.491 e. The number of nitrogens with zero attached hydrogens (tertiary/aromatic N) is 3. The molecule has 3 rings (SSSR count). The lowest BCUT2D eigenvalue weighted by Crippen LogP contribution is -2.26. The Morgan fingerprint density at radius 3 is 2.28 bits per heavy atom. The number of hydrogen-bond donors (Lipinski definition) is 1. The smallest absolute Gasteiger partial charge is 0.207 e. The first-order chi connectivity index (χ1) is 12.2. The summed E-state index contributed by atoms with van der Waals surface area (Å²) >= 11 is 0. The normalized spacial score (nSPS) is 22.5. The molecule has 1 saturated heterocycles. The van der Waals surface area contributed by atoms with Crippen LogP contribution in [0.1, 0.15) is 6.42 Å². The number of para-hydroxylation sites is 2. The molecule has 130 valence electrons. The molecule has 1 aliphatic heterocycles. The predicted octanol–water partition coefficient (Wildman–Crippen LogP) is 3.30. The lowest BCUT2D eigenvalue weighted by molar-refractivity contribution is 0.0925. The van der Waals surface area contributed by atoms with Crippen molar-refractivity contribution >= 4 is 0 Å². The molecule has 0 aromatic heterocycles. The van der Waals surface area contributed by atoms with Crippen LogP contribution in [0.15, 0.2) is 65.8 Å². The zero-order valence-electron chi connectivity index (χ0n) is 13.6. The number of epoxide rings is 1. The molecule has 2 aromatic rings. The highest BCUT2D eigenvalue weighted by molar-refractivity contribution is 5.22. The summed E-state index contributed by atoms with van der Waals surface area (Å²) in [7, 11) is 0. The minimum absolute atomic E-state index is 0.0952. The van der Waals surface area contributed by atoms with E-state index in [1.54, 1.807) is 0 Å². The Morgan fingerprint density at radius 1 is 1.08 bits per heavy atom. The zero-order valence-corrected chi connectivity index (χ0v) is 13.6. The first kappa shape index (κ1) is 17.1. The van der Waals surface area contributed by atoms with E-state index in [0.717, 1.165) is 0 Å². The van der Waals surface area contributed by atoms with Crippen molar-refractivity contribution < 1.29 is 19.3 Å². The molecule has 25 heavy (non-hydrogen) atoms. The van der Waals surface area contributed by atoms with Crippen LogP contribution >= 0.6 is 0 Å². The summed E-state index contributed by atoms with van der Waals surface area (Å²) in [5.41, 5.74) is 7.71. The van der Waals surface area contributed by atoms with Crippen LogP contribution in [0.25, 0.3) is 10.4 Å². The molecule has 7 heteroatoms. The molecule has 1 N–H and O–H groups in total. The van der Waals surface area contributed by atoms with Gasteiger partial charge in [0.1, 0.15) is 24.7 Å². The summed E-state index contributed by atoms with van der Waals surface area (Å²) in [5.74, 6) is 1.35. The van der Waals surface area contributed by atoms with Gasteiger partial charge in [-0.25, -0.2) is 0 Å². The number of aliphatic hydroxyl groups is 1. The minimum atomic E-state index is -1.07. The van der Waals surface area contributed by atoms with E-state index in [-0.39, 0.29) is 13.2 Å². The van der Waals surface area contributed by atoms with Gasteiger partial charge < -0.3 is 19.3 Å². The van der Waals surface area contributed by atoms with Gasteiger partial charge in [-0.3, -0.25) is 0 Å². The quantitative estimate of drug-likeness (QED) is 0.327. The molecule has 0 bridgehead atoms. The largest absolute Gasteiger partial charge is 0.491 e. The van der Waals surface area contributed by atoms with Crippen LogP contribution in [0.3, 0.4) is 0 Å². The number of aliphatic hydroxyl groups excluding tert-OH is 1. The third-order valence-corrected chi connectivity index (χ3v) is 3.87. The van der Waals surface area contributed by atoms with Gasteiger partial charge in [0.05, 0.1) is 12.2 Å². The number of ether oxygens (including phenoxy) is 3. The third-order valence-electron chi connectivity index (χ3n) is 3.87. The molecule has 1 heterocycles. The molecule has 1 fully saturated rings. The van der Waals surface area contributed by atoms with E-state index in [1.807, 2.05) is 60.7 Å². The lowest BCUT2D eigenvalue weighted by Gasteiger charge is -2.13. The number of benzene rings is 2. The van der Waals surface area contributed by atoms with E-state index in [2.05, 4.69) is 10.0 Å². The molecular weight excluding hydrogens is 322 g/mol. The fraction of sp³-hybridized carbons (Fsp3) is 0.333. The topological polar surface area (TPSA) is 100.0 Å². The summed E-state index contributed by atoms with van der Waals surface area (Å²) in [5, 5.41) is 13.8. The molecule has 3 unspecified atom stereocenters. The van der Waals surface area contributed by atoms with Gasteiger partial charge in [-0.1, -0.05) is 41.5 Å². The summed E-state index contributed by atoms with van der Waals surface area (Å²) in [4.78, 5) is 2.84. The molecule has 0 amide bonds. The Balaban J connectivity index is 1.49. The number of hydrogen-bond acceptors (Lipinski definition) is 5. The van der Waals surface area contributed by atoms with E-state index in [0.29, 0.717) is 17.9 Å². The van der Waals surface area contributed by atoms with Crippen LogP contribution in [0, 0.1) is 0 Å². The molecule has 7 nitrogen and oxygen atoms in total. The average molecular weight is 341 g/mol. The predicted molar refractivity (Wildman–Crippen MR) is 91.2 cm³/mol. The van der Waals surface area contributed by atoms with E-state index < -0.39 is 17.9 Å². The number of azide groups is 1. The summed E-state index contributed by atoms with van der Waals surface area (Å²) in [6.07, 6.45) is -0.844. The van der Waals surface area contributed by atoms with Gasteiger partial charge in [-0.05, 0) is 29.8 Å². The third kappa shape index (κ3) is 4.64. The summed E-state index contributed by atoms with van der Waals surface area (Å²) in [6, 6.07) is 18.5. The maximum absolute atomic E-state index is 10.1. The van der Waals surface area contributed by atoms with Crippen molar-refractivity contribution in [3.8, 4) is 11.5 Å². The molecule has 0 saturated carbocycles. The summed E-state index contributed by atoms with van der Waals surface area (Å²) in [6.45, 7) is 0.230. The van der Waals surface area contributed by atoms with Crippen molar-refractivity contribution in [1.29, 1.82) is 0 Å². The molecular formula is C18H19N3O4. The van der Waals surface area contributed by atoms with Crippen LogP contribution in [0.5, 0.6) is 11.5 Å². The second kappa shape index (κ2) is 7.90. The Hall–Kier alpha value is -2.73. The molecule has 0 radical (unpaired) electrons. The highest BCUT2D eigenvalue weighted by Crippen LogP contribution is 2.41. The van der Waals surface area contributed by atoms with Crippen molar-refractivity contribution in [2.45, 2.75) is 24.4 Å². The highest BCUT2D eigenvalue weighted by Gasteiger charge is 2.57.